The summed E-state index contributed by atoms with van der Waals surface area (Å²) in [6.07, 6.45) is -7.99. The van der Waals surface area contributed by atoms with Crippen molar-refractivity contribution in [1.82, 2.24) is 5.32 Å². The van der Waals surface area contributed by atoms with E-state index in [1.165, 1.54) is 0 Å². The van der Waals surface area contributed by atoms with E-state index in [0.717, 1.165) is 0 Å². The van der Waals surface area contributed by atoms with Gasteiger partial charge in [0.25, 0.3) is 5.91 Å². The molecule has 1 aliphatic heterocycles. The molecule has 0 aromatic heterocycles. The topological polar surface area (TPSA) is 175 Å². The number of ether oxygens (including phenoxy) is 3. The Kier molecular flexibility index (Phi) is 8.17. The number of carbonyl (C=O) groups is 3. The third kappa shape index (κ3) is 6.30. The molecule has 35 heavy (non-hydrogen) atoms. The van der Waals surface area contributed by atoms with Crippen LogP contribution in [0, 0.1) is 10.1 Å². The molecule has 12 nitrogen and oxygen atoms in total. The summed E-state index contributed by atoms with van der Waals surface area (Å²) in [6, 6.07) is 1.62. The molecule has 1 heterocycles. The van der Waals surface area contributed by atoms with Gasteiger partial charge in [-0.2, -0.15) is 22.0 Å². The summed E-state index contributed by atoms with van der Waals surface area (Å²) in [5.74, 6) is -12.0. The number of nitro groups is 1. The molecule has 2 rings (SSSR count). The normalized spacial score (nSPS) is 15.0. The molecule has 0 radical (unpaired) electrons. The van der Waals surface area contributed by atoms with E-state index in [4.69, 9.17) is 9.47 Å². The van der Waals surface area contributed by atoms with Crippen molar-refractivity contribution in [3.05, 3.63) is 33.9 Å². The highest BCUT2D eigenvalue weighted by atomic mass is 19.4. The number of nitro benzene ring substituents is 1. The quantitative estimate of drug-likeness (QED) is 0.171. The summed E-state index contributed by atoms with van der Waals surface area (Å²) < 4.78 is 77.9. The van der Waals surface area contributed by atoms with Gasteiger partial charge < -0.3 is 29.7 Å². The van der Waals surface area contributed by atoms with Gasteiger partial charge in [0, 0.05) is 24.1 Å². The predicted octanol–water partition coefficient (Wildman–Crippen LogP) is 1.96. The van der Waals surface area contributed by atoms with E-state index in [-0.39, 0.29) is 19.6 Å². The van der Waals surface area contributed by atoms with Crippen molar-refractivity contribution >= 4 is 23.5 Å². The Labute approximate surface area is 191 Å². The molecule has 1 amide bonds. The maximum atomic E-state index is 13.2. The summed E-state index contributed by atoms with van der Waals surface area (Å²) in [4.78, 5) is 46.0. The maximum absolute atomic E-state index is 13.2. The number of amides is 1. The Morgan fingerprint density at radius 3 is 2.17 bits per heavy atom. The fraction of sp³-hybridized carbons (Fsp3) is 0.500. The molecule has 0 unspecified atom stereocenters. The number of carbonyl (C=O) groups excluding carboxylic acids is 1. The van der Waals surface area contributed by atoms with E-state index >= 15 is 0 Å². The van der Waals surface area contributed by atoms with Crippen LogP contribution in [0.25, 0.3) is 0 Å². The van der Waals surface area contributed by atoms with Gasteiger partial charge in [0.15, 0.2) is 18.6 Å². The van der Waals surface area contributed by atoms with Gasteiger partial charge in [0.2, 0.25) is 5.54 Å². The van der Waals surface area contributed by atoms with Crippen LogP contribution in [0.1, 0.15) is 23.2 Å². The first-order chi connectivity index (χ1) is 16.1. The number of nitrogens with zero attached hydrogens (tertiary/aromatic N) is 1. The Bertz CT molecular complexity index is 980. The minimum atomic E-state index is -6.04. The molecule has 0 spiro atoms. The smallest absolute Gasteiger partial charge is 0.456 e. The average molecular weight is 516 g/mol. The second kappa shape index (κ2) is 10.3. The SMILES string of the molecule is O=C(NC(CCC1OCCO1)(C(=O)O)C(=O)O)c1ccc([N+](=O)[O-])c(OCC(F)(F)C(F)(F)F)c1. The maximum Gasteiger partial charge on any atom is 0.456 e. The molecule has 0 saturated carbocycles. The summed E-state index contributed by atoms with van der Waals surface area (Å²) in [6.45, 7) is -2.02. The molecule has 3 N–H and O–H groups in total. The van der Waals surface area contributed by atoms with Gasteiger partial charge >= 0.3 is 29.7 Å². The monoisotopic (exact) mass is 516 g/mol. The van der Waals surface area contributed by atoms with Gasteiger partial charge in [-0.15, -0.1) is 0 Å². The second-order valence-corrected chi connectivity index (χ2v) is 7.11. The van der Waals surface area contributed by atoms with E-state index < -0.39 is 76.7 Å². The molecule has 194 valence electrons. The van der Waals surface area contributed by atoms with Crippen LogP contribution >= 0.6 is 0 Å². The number of benzene rings is 1. The Morgan fingerprint density at radius 2 is 1.69 bits per heavy atom. The molecule has 0 bridgehead atoms. The highest BCUT2D eigenvalue weighted by molar-refractivity contribution is 6.09. The minimum Gasteiger partial charge on any atom is -0.480 e. The van der Waals surface area contributed by atoms with E-state index in [0.29, 0.717) is 18.2 Å². The molecule has 1 aromatic carbocycles. The number of aliphatic carboxylic acids is 2. The first-order valence-electron chi connectivity index (χ1n) is 9.49. The first-order valence-corrected chi connectivity index (χ1v) is 9.49. The van der Waals surface area contributed by atoms with Gasteiger partial charge in [-0.25, -0.2) is 9.59 Å². The number of alkyl halides is 5. The molecular weight excluding hydrogens is 499 g/mol. The van der Waals surface area contributed by atoms with Crippen LogP contribution in [0.5, 0.6) is 5.75 Å². The van der Waals surface area contributed by atoms with Crippen molar-refractivity contribution in [3.63, 3.8) is 0 Å². The molecule has 1 aliphatic rings. The van der Waals surface area contributed by atoms with Crippen LogP contribution in [0.4, 0.5) is 27.6 Å². The van der Waals surface area contributed by atoms with E-state index in [9.17, 15) is 56.7 Å². The second-order valence-electron chi connectivity index (χ2n) is 7.11. The van der Waals surface area contributed by atoms with Gasteiger partial charge in [-0.3, -0.25) is 14.9 Å². The predicted molar refractivity (Wildman–Crippen MR) is 100.0 cm³/mol. The lowest BCUT2D eigenvalue weighted by molar-refractivity contribution is -0.386. The third-order valence-electron chi connectivity index (χ3n) is 4.75. The molecule has 17 heteroatoms. The Balaban J connectivity index is 2.32. The van der Waals surface area contributed by atoms with Gasteiger partial charge in [0.05, 0.1) is 18.1 Å². The highest BCUT2D eigenvalue weighted by Gasteiger charge is 2.58. The lowest BCUT2D eigenvalue weighted by Crippen LogP contribution is -2.60. The van der Waals surface area contributed by atoms with Crippen molar-refractivity contribution < 1.29 is 65.7 Å². The van der Waals surface area contributed by atoms with Crippen molar-refractivity contribution in [2.75, 3.05) is 19.8 Å². The van der Waals surface area contributed by atoms with Crippen LogP contribution in [0.15, 0.2) is 18.2 Å². The summed E-state index contributed by atoms with van der Waals surface area (Å²) in [5.41, 5.74) is -4.74. The largest absolute Gasteiger partial charge is 0.480 e. The van der Waals surface area contributed by atoms with Gasteiger partial charge in [-0.1, -0.05) is 0 Å². The van der Waals surface area contributed by atoms with E-state index in [1.807, 2.05) is 0 Å². The lowest BCUT2D eigenvalue weighted by Gasteiger charge is -2.27. The fourth-order valence-corrected chi connectivity index (χ4v) is 2.82. The Morgan fingerprint density at radius 1 is 1.11 bits per heavy atom. The number of nitrogens with one attached hydrogen (secondary N) is 1. The first kappa shape index (κ1) is 27.6. The number of halogens is 5. The summed E-state index contributed by atoms with van der Waals surface area (Å²) >= 11 is 0. The van der Waals surface area contributed by atoms with Gasteiger partial charge in [-0.05, 0) is 12.5 Å². The Hall–Kier alpha value is -3.60. The van der Waals surface area contributed by atoms with Crippen LogP contribution in [-0.2, 0) is 19.1 Å². The van der Waals surface area contributed by atoms with Crippen molar-refractivity contribution in [3.8, 4) is 5.75 Å². The number of carboxylic acids is 2. The molecule has 1 fully saturated rings. The zero-order valence-corrected chi connectivity index (χ0v) is 17.3. The van der Waals surface area contributed by atoms with Crippen molar-refractivity contribution in [1.29, 1.82) is 0 Å². The average Bonchev–Trinajstić information content (AvgIpc) is 3.27. The highest BCUT2D eigenvalue weighted by Crippen LogP contribution is 2.37. The van der Waals surface area contributed by atoms with Crippen molar-refractivity contribution in [2.24, 2.45) is 0 Å². The molecule has 0 aliphatic carbocycles. The van der Waals surface area contributed by atoms with E-state index in [2.05, 4.69) is 4.74 Å². The molecule has 1 aromatic rings. The molecule has 0 atom stereocenters. The number of carboxylic acid groups (broad SMARTS) is 2. The van der Waals surface area contributed by atoms with Crippen LogP contribution in [-0.4, -0.2) is 76.7 Å². The standard InChI is InChI=1S/C18H17F5N2O10/c19-17(20,18(21,22)23)8-35-11-7-9(1-2-10(11)25(31)32)13(26)24-16(14(27)28,15(29)30)4-3-12-33-5-6-34-12/h1-2,7,12H,3-6,8H2,(H,24,26)(H,27,28)(H,29,30). The summed E-state index contributed by atoms with van der Waals surface area (Å²) in [7, 11) is 0. The fourth-order valence-electron chi connectivity index (χ4n) is 2.82. The van der Waals surface area contributed by atoms with E-state index in [1.54, 1.807) is 5.32 Å². The van der Waals surface area contributed by atoms with Crippen LogP contribution < -0.4 is 10.1 Å². The number of rotatable bonds is 11. The lowest BCUT2D eigenvalue weighted by atomic mass is 9.92. The van der Waals surface area contributed by atoms with Crippen molar-refractivity contribution in [2.45, 2.75) is 36.8 Å². The number of hydrogen-bond donors (Lipinski definition) is 3. The molecule has 1 saturated heterocycles. The van der Waals surface area contributed by atoms with Crippen LogP contribution in [0.3, 0.4) is 0 Å². The molecular formula is C18H17F5N2O10. The van der Waals surface area contributed by atoms with Gasteiger partial charge in [0.1, 0.15) is 0 Å². The zero-order valence-electron chi connectivity index (χ0n) is 17.3. The minimum absolute atomic E-state index is 0.170. The summed E-state index contributed by atoms with van der Waals surface area (Å²) in [5, 5.41) is 31.8. The van der Waals surface area contributed by atoms with Crippen LogP contribution in [0.2, 0.25) is 0 Å². The zero-order chi connectivity index (χ0) is 26.6. The number of hydrogen-bond acceptors (Lipinski definition) is 8. The third-order valence-corrected chi connectivity index (χ3v) is 4.75.